The van der Waals surface area contributed by atoms with E-state index in [2.05, 4.69) is 9.59 Å². The minimum absolute atomic E-state index is 0.245. The molecular weight excluding hydrogens is 318 g/mol. The predicted molar refractivity (Wildman–Crippen MR) is 78.1 cm³/mol. The Morgan fingerprint density at radius 3 is 2.90 bits per heavy atom. The molecular formula is C13H10F2N2O2S2. The van der Waals surface area contributed by atoms with Crippen molar-refractivity contribution in [2.45, 2.75) is 10.7 Å². The zero-order valence-electron chi connectivity index (χ0n) is 10.8. The molecule has 1 aromatic heterocycles. The first kappa shape index (κ1) is 15.6. The van der Waals surface area contributed by atoms with Crippen LogP contribution in [-0.4, -0.2) is 28.2 Å². The van der Waals surface area contributed by atoms with Crippen molar-refractivity contribution >= 4 is 35.2 Å². The third-order valence-electron chi connectivity index (χ3n) is 2.45. The highest BCUT2D eigenvalue weighted by atomic mass is 32.2. The topological polar surface area (TPSA) is 52.1 Å². The number of hydrogen-bond acceptors (Lipinski definition) is 6. The van der Waals surface area contributed by atoms with Crippen molar-refractivity contribution in [1.82, 2.24) is 9.59 Å². The van der Waals surface area contributed by atoms with Gasteiger partial charge >= 0.3 is 0 Å². The highest BCUT2D eigenvalue weighted by Gasteiger charge is 2.13. The lowest BCUT2D eigenvalue weighted by molar-refractivity contribution is 0.104. The summed E-state index contributed by atoms with van der Waals surface area (Å²) < 4.78 is 33.5. The first-order chi connectivity index (χ1) is 10.1. The summed E-state index contributed by atoms with van der Waals surface area (Å²) in [7, 11) is 1.37. The number of hydrogen-bond donors (Lipinski definition) is 0. The summed E-state index contributed by atoms with van der Waals surface area (Å²) in [5.74, 6) is -2.57. The van der Waals surface area contributed by atoms with E-state index in [1.54, 1.807) is 11.5 Å². The van der Waals surface area contributed by atoms with E-state index < -0.39 is 5.76 Å². The molecule has 0 N–H and O–H groups in total. The first-order valence-electron chi connectivity index (χ1n) is 5.72. The summed E-state index contributed by atoms with van der Waals surface area (Å²) in [6.45, 7) is 0. The van der Waals surface area contributed by atoms with E-state index in [-0.39, 0.29) is 16.4 Å². The Morgan fingerprint density at radius 1 is 1.48 bits per heavy atom. The summed E-state index contributed by atoms with van der Waals surface area (Å²) in [6.07, 6.45) is 2.89. The molecule has 8 heteroatoms. The number of carbonyl (C=O) groups excluding carboxylic acids is 1. The number of methoxy groups -OCH3 is 1. The van der Waals surface area contributed by atoms with Gasteiger partial charge in [0, 0.05) is 10.9 Å². The largest absolute Gasteiger partial charge is 0.496 e. The standard InChI is InChI=1S/C13H10F2N2O2S2/c1-19-11-6-8(2-5-12(11)21-13(14)15)10(18)4-3-9-7-20-17-16-9/h2-7,13H,1H3. The second-order valence-corrected chi connectivity index (χ2v) is 5.41. The van der Waals surface area contributed by atoms with Gasteiger partial charge < -0.3 is 4.74 Å². The maximum absolute atomic E-state index is 12.4. The predicted octanol–water partition coefficient (Wildman–Crippen LogP) is 3.76. The monoisotopic (exact) mass is 328 g/mol. The van der Waals surface area contributed by atoms with Crippen LogP contribution in [0.2, 0.25) is 0 Å². The van der Waals surface area contributed by atoms with E-state index in [9.17, 15) is 13.6 Å². The normalized spacial score (nSPS) is 11.2. The number of allylic oxidation sites excluding steroid dienone is 1. The number of benzene rings is 1. The van der Waals surface area contributed by atoms with Crippen LogP contribution >= 0.6 is 23.3 Å². The van der Waals surface area contributed by atoms with Gasteiger partial charge in [-0.15, -0.1) is 5.10 Å². The summed E-state index contributed by atoms with van der Waals surface area (Å²) in [4.78, 5) is 12.3. The zero-order valence-corrected chi connectivity index (χ0v) is 12.5. The molecule has 4 nitrogen and oxygen atoms in total. The minimum atomic E-state index is -2.54. The third kappa shape index (κ3) is 4.33. The fourth-order valence-electron chi connectivity index (χ4n) is 1.52. The Balaban J connectivity index is 2.18. The quantitative estimate of drug-likeness (QED) is 0.459. The maximum atomic E-state index is 12.4. The number of rotatable bonds is 6. The molecule has 0 bridgehead atoms. The van der Waals surface area contributed by atoms with Gasteiger partial charge in [0.1, 0.15) is 5.75 Å². The van der Waals surface area contributed by atoms with Gasteiger partial charge in [-0.3, -0.25) is 4.79 Å². The van der Waals surface area contributed by atoms with E-state index in [1.807, 2.05) is 0 Å². The molecule has 0 fully saturated rings. The smallest absolute Gasteiger partial charge is 0.289 e. The van der Waals surface area contributed by atoms with Gasteiger partial charge in [-0.1, -0.05) is 16.3 Å². The van der Waals surface area contributed by atoms with Gasteiger partial charge in [0.15, 0.2) is 5.78 Å². The lowest BCUT2D eigenvalue weighted by Gasteiger charge is -2.08. The summed E-state index contributed by atoms with van der Waals surface area (Å²) in [5.41, 5.74) is 0.940. The molecule has 0 unspecified atom stereocenters. The number of alkyl halides is 2. The van der Waals surface area contributed by atoms with Gasteiger partial charge in [0.05, 0.1) is 17.7 Å². The molecule has 110 valence electrons. The number of nitrogens with zero attached hydrogens (tertiary/aromatic N) is 2. The van der Waals surface area contributed by atoms with Crippen LogP contribution in [0.15, 0.2) is 34.6 Å². The van der Waals surface area contributed by atoms with E-state index in [4.69, 9.17) is 4.74 Å². The molecule has 0 aliphatic rings. The van der Waals surface area contributed by atoms with Crippen molar-refractivity contribution in [2.75, 3.05) is 7.11 Å². The Kier molecular flexibility index (Phi) is 5.40. The van der Waals surface area contributed by atoms with Gasteiger partial charge in [0.2, 0.25) is 0 Å². The van der Waals surface area contributed by atoms with Crippen LogP contribution in [0.4, 0.5) is 8.78 Å². The van der Waals surface area contributed by atoms with Crippen LogP contribution in [0.25, 0.3) is 6.08 Å². The Hall–Kier alpha value is -1.80. The van der Waals surface area contributed by atoms with Crippen molar-refractivity contribution in [3.8, 4) is 5.75 Å². The highest BCUT2D eigenvalue weighted by Crippen LogP contribution is 2.34. The van der Waals surface area contributed by atoms with Gasteiger partial charge in [-0.05, 0) is 41.9 Å². The molecule has 0 radical (unpaired) electrons. The van der Waals surface area contributed by atoms with Crippen LogP contribution in [0.1, 0.15) is 16.1 Å². The van der Waals surface area contributed by atoms with Gasteiger partial charge in [-0.25, -0.2) is 0 Å². The highest BCUT2D eigenvalue weighted by molar-refractivity contribution is 7.99. The summed E-state index contributed by atoms with van der Waals surface area (Å²) >= 11 is 1.56. The molecule has 1 heterocycles. The van der Waals surface area contributed by atoms with Crippen molar-refractivity contribution in [2.24, 2.45) is 0 Å². The number of thioether (sulfide) groups is 1. The van der Waals surface area contributed by atoms with E-state index in [0.29, 0.717) is 23.0 Å². The number of ketones is 1. The van der Waals surface area contributed by atoms with E-state index in [0.717, 1.165) is 0 Å². The molecule has 2 rings (SSSR count). The van der Waals surface area contributed by atoms with Crippen LogP contribution in [0.5, 0.6) is 5.75 Å². The first-order valence-corrected chi connectivity index (χ1v) is 7.44. The van der Waals surface area contributed by atoms with Gasteiger partial charge in [-0.2, -0.15) is 8.78 Å². The molecule has 0 aliphatic carbocycles. The number of halogens is 2. The van der Waals surface area contributed by atoms with Crippen LogP contribution in [0.3, 0.4) is 0 Å². The maximum Gasteiger partial charge on any atom is 0.289 e. The average molecular weight is 328 g/mol. The SMILES string of the molecule is COc1cc(C(=O)C=Cc2csnn2)ccc1SC(F)F. The summed E-state index contributed by atoms with van der Waals surface area (Å²) in [5, 5.41) is 5.48. The van der Waals surface area contributed by atoms with E-state index in [1.165, 1.54) is 42.9 Å². The fourth-order valence-corrected chi connectivity index (χ4v) is 2.54. The molecule has 21 heavy (non-hydrogen) atoms. The molecule has 0 spiro atoms. The molecule has 0 atom stereocenters. The lowest BCUT2D eigenvalue weighted by Crippen LogP contribution is -1.97. The van der Waals surface area contributed by atoms with Crippen molar-refractivity contribution < 1.29 is 18.3 Å². The number of ether oxygens (including phenoxy) is 1. The second-order valence-electron chi connectivity index (χ2n) is 3.77. The Bertz CT molecular complexity index is 646. The third-order valence-corrected chi connectivity index (χ3v) is 3.74. The lowest BCUT2D eigenvalue weighted by atomic mass is 10.1. The zero-order chi connectivity index (χ0) is 15.2. The summed E-state index contributed by atoms with van der Waals surface area (Å²) in [6, 6.07) is 4.37. The second kappa shape index (κ2) is 7.28. The Morgan fingerprint density at radius 2 is 2.29 bits per heavy atom. The van der Waals surface area contributed by atoms with Crippen molar-refractivity contribution in [3.63, 3.8) is 0 Å². The Labute approximate surface area is 128 Å². The number of aromatic nitrogens is 2. The molecule has 0 aliphatic heterocycles. The molecule has 2 aromatic rings. The van der Waals surface area contributed by atoms with Crippen molar-refractivity contribution in [3.05, 3.63) is 40.9 Å². The van der Waals surface area contributed by atoms with Crippen LogP contribution < -0.4 is 4.74 Å². The van der Waals surface area contributed by atoms with Crippen LogP contribution in [0, 0.1) is 0 Å². The molecule has 0 amide bonds. The van der Waals surface area contributed by atoms with Gasteiger partial charge in [0.25, 0.3) is 5.76 Å². The number of carbonyl (C=O) groups is 1. The molecule has 0 saturated heterocycles. The molecule has 1 aromatic carbocycles. The van der Waals surface area contributed by atoms with Crippen molar-refractivity contribution in [1.29, 1.82) is 0 Å². The van der Waals surface area contributed by atoms with Crippen LogP contribution in [-0.2, 0) is 0 Å². The average Bonchev–Trinajstić information content (AvgIpc) is 2.98. The van der Waals surface area contributed by atoms with E-state index >= 15 is 0 Å². The minimum Gasteiger partial charge on any atom is -0.496 e. The molecule has 0 saturated carbocycles. The fraction of sp³-hybridized carbons (Fsp3) is 0.154.